The number of ether oxygens (including phenoxy) is 1. The molecule has 0 unspecified atom stereocenters. The first-order valence-corrected chi connectivity index (χ1v) is 11.0. The van der Waals surface area contributed by atoms with Crippen molar-refractivity contribution in [2.75, 3.05) is 50.6 Å². The van der Waals surface area contributed by atoms with Crippen molar-refractivity contribution in [3.8, 4) is 11.8 Å². The third kappa shape index (κ3) is 4.19. The molecule has 7 nitrogen and oxygen atoms in total. The number of piperazine rings is 1. The molecule has 1 N–H and O–H groups in total. The topological polar surface area (TPSA) is 77.3 Å². The summed E-state index contributed by atoms with van der Waals surface area (Å²) in [6.45, 7) is 9.92. The minimum atomic E-state index is -0.0185. The quantitative estimate of drug-likeness (QED) is 0.654. The summed E-state index contributed by atoms with van der Waals surface area (Å²) in [6.07, 6.45) is 0. The van der Waals surface area contributed by atoms with E-state index >= 15 is 0 Å². The summed E-state index contributed by atoms with van der Waals surface area (Å²) in [4.78, 5) is 14.1. The van der Waals surface area contributed by atoms with Crippen molar-refractivity contribution < 1.29 is 4.74 Å². The number of hydrogen-bond donors (Lipinski definition) is 1. The summed E-state index contributed by atoms with van der Waals surface area (Å²) in [5, 5.41) is 13.9. The Morgan fingerprint density at radius 3 is 2.56 bits per heavy atom. The largest absolute Gasteiger partial charge is 0.495 e. The monoisotopic (exact) mass is 430 g/mol. The highest BCUT2D eigenvalue weighted by Crippen LogP contribution is 2.36. The fraction of sp³-hybridized carbons (Fsp3) is 0.400. The maximum atomic E-state index is 9.40. The molecule has 7 heteroatoms. The highest BCUT2D eigenvalue weighted by molar-refractivity contribution is 5.94. The van der Waals surface area contributed by atoms with E-state index in [4.69, 9.17) is 9.72 Å². The SMILES string of the molecule is COc1cc2nc(C)nc(N[C@H](C)c3cccc(C#N)c3C)c2cc1N1CCN(C)CC1. The molecular weight excluding hydrogens is 400 g/mol. The number of anilines is 2. The van der Waals surface area contributed by atoms with Gasteiger partial charge in [-0.2, -0.15) is 5.26 Å². The van der Waals surface area contributed by atoms with Crippen LogP contribution in [0.25, 0.3) is 10.9 Å². The van der Waals surface area contributed by atoms with E-state index in [1.54, 1.807) is 7.11 Å². The Bertz CT molecular complexity index is 1180. The molecule has 0 bridgehead atoms. The molecule has 2 heterocycles. The molecule has 1 aromatic heterocycles. The van der Waals surface area contributed by atoms with Crippen molar-refractivity contribution in [2.24, 2.45) is 0 Å². The highest BCUT2D eigenvalue weighted by Gasteiger charge is 2.21. The first-order chi connectivity index (χ1) is 15.4. The van der Waals surface area contributed by atoms with Gasteiger partial charge >= 0.3 is 0 Å². The molecule has 0 saturated carbocycles. The van der Waals surface area contributed by atoms with Gasteiger partial charge in [0, 0.05) is 37.6 Å². The third-order valence-electron chi connectivity index (χ3n) is 6.27. The second kappa shape index (κ2) is 9.01. The van der Waals surface area contributed by atoms with Crippen molar-refractivity contribution in [2.45, 2.75) is 26.8 Å². The molecule has 1 aliphatic rings. The molecule has 3 aromatic rings. The summed E-state index contributed by atoms with van der Waals surface area (Å²) in [5.74, 6) is 2.32. The minimum Gasteiger partial charge on any atom is -0.495 e. The zero-order valence-electron chi connectivity index (χ0n) is 19.4. The fourth-order valence-electron chi connectivity index (χ4n) is 4.36. The van der Waals surface area contributed by atoms with Gasteiger partial charge < -0.3 is 19.9 Å². The van der Waals surface area contributed by atoms with Gasteiger partial charge in [0.05, 0.1) is 36.0 Å². The van der Waals surface area contributed by atoms with Crippen LogP contribution in [0.2, 0.25) is 0 Å². The lowest BCUT2D eigenvalue weighted by atomic mass is 9.98. The van der Waals surface area contributed by atoms with Gasteiger partial charge in [-0.25, -0.2) is 9.97 Å². The van der Waals surface area contributed by atoms with Gasteiger partial charge in [-0.1, -0.05) is 12.1 Å². The summed E-state index contributed by atoms with van der Waals surface area (Å²) in [5.41, 5.74) is 4.69. The number of hydrogen-bond acceptors (Lipinski definition) is 7. The van der Waals surface area contributed by atoms with Gasteiger partial charge in [0.1, 0.15) is 17.4 Å². The van der Waals surface area contributed by atoms with E-state index in [9.17, 15) is 5.26 Å². The van der Waals surface area contributed by atoms with Crippen LogP contribution in [-0.2, 0) is 0 Å². The van der Waals surface area contributed by atoms with E-state index < -0.39 is 0 Å². The van der Waals surface area contributed by atoms with E-state index in [-0.39, 0.29) is 6.04 Å². The second-order valence-electron chi connectivity index (χ2n) is 8.45. The van der Waals surface area contributed by atoms with Crippen LogP contribution in [0.3, 0.4) is 0 Å². The minimum absolute atomic E-state index is 0.0185. The Morgan fingerprint density at radius 2 is 1.88 bits per heavy atom. The van der Waals surface area contributed by atoms with Gasteiger partial charge in [0.15, 0.2) is 0 Å². The van der Waals surface area contributed by atoms with Crippen LogP contribution in [0, 0.1) is 25.2 Å². The molecule has 2 aromatic carbocycles. The second-order valence-corrected chi connectivity index (χ2v) is 8.45. The van der Waals surface area contributed by atoms with Crippen molar-refractivity contribution in [3.63, 3.8) is 0 Å². The molecule has 32 heavy (non-hydrogen) atoms. The van der Waals surface area contributed by atoms with Crippen LogP contribution in [0.15, 0.2) is 30.3 Å². The van der Waals surface area contributed by atoms with E-state index in [2.05, 4.69) is 52.3 Å². The summed E-state index contributed by atoms with van der Waals surface area (Å²) >= 11 is 0. The lowest BCUT2D eigenvalue weighted by molar-refractivity contribution is 0.311. The number of benzene rings is 2. The van der Waals surface area contributed by atoms with E-state index in [0.29, 0.717) is 11.4 Å². The van der Waals surface area contributed by atoms with Gasteiger partial charge in [-0.3, -0.25) is 0 Å². The first kappa shape index (κ1) is 21.8. The lowest BCUT2D eigenvalue weighted by Gasteiger charge is -2.35. The molecule has 1 saturated heterocycles. The molecule has 1 aliphatic heterocycles. The van der Waals surface area contributed by atoms with Gasteiger partial charge in [-0.05, 0) is 51.1 Å². The predicted molar refractivity (Wildman–Crippen MR) is 128 cm³/mol. The van der Waals surface area contributed by atoms with Crippen molar-refractivity contribution in [3.05, 3.63) is 52.8 Å². The standard InChI is InChI=1S/C25H30N6O/c1-16-19(15-26)7-6-8-20(16)17(2)27-25-21-13-23(31-11-9-30(4)10-12-31)24(32-5)14-22(21)28-18(3)29-25/h6-8,13-14,17H,9-12H2,1-5H3,(H,27,28,29)/t17-/m1/s1. The number of nitrogens with one attached hydrogen (secondary N) is 1. The summed E-state index contributed by atoms with van der Waals surface area (Å²) in [6, 6.07) is 12.3. The summed E-state index contributed by atoms with van der Waals surface area (Å²) in [7, 11) is 3.86. The molecule has 0 amide bonds. The van der Waals surface area contributed by atoms with Gasteiger partial charge in [-0.15, -0.1) is 0 Å². The number of nitrogens with zero attached hydrogens (tertiary/aromatic N) is 5. The molecule has 0 spiro atoms. The van der Waals surface area contributed by atoms with Crippen LogP contribution in [0.4, 0.5) is 11.5 Å². The van der Waals surface area contributed by atoms with E-state index in [1.165, 1.54) is 0 Å². The Balaban J connectivity index is 1.76. The lowest BCUT2D eigenvalue weighted by Crippen LogP contribution is -2.44. The number of methoxy groups -OCH3 is 1. The number of fused-ring (bicyclic) bond motifs is 1. The fourth-order valence-corrected chi connectivity index (χ4v) is 4.36. The van der Waals surface area contributed by atoms with Gasteiger partial charge in [0.2, 0.25) is 0 Å². The van der Waals surface area contributed by atoms with Crippen LogP contribution >= 0.6 is 0 Å². The van der Waals surface area contributed by atoms with Crippen LogP contribution in [0.5, 0.6) is 5.75 Å². The van der Waals surface area contributed by atoms with E-state index in [0.717, 1.165) is 65.5 Å². The molecule has 4 rings (SSSR count). The zero-order valence-corrected chi connectivity index (χ0v) is 19.4. The summed E-state index contributed by atoms with van der Waals surface area (Å²) < 4.78 is 5.74. The van der Waals surface area contributed by atoms with Crippen molar-refractivity contribution in [1.82, 2.24) is 14.9 Å². The van der Waals surface area contributed by atoms with Crippen LogP contribution in [-0.4, -0.2) is 55.2 Å². The average molecular weight is 431 g/mol. The predicted octanol–water partition coefficient (Wildman–Crippen LogP) is 4.05. The number of nitriles is 1. The van der Waals surface area contributed by atoms with Crippen LogP contribution < -0.4 is 15.0 Å². The Morgan fingerprint density at radius 1 is 1.12 bits per heavy atom. The molecule has 1 fully saturated rings. The maximum absolute atomic E-state index is 9.40. The Kier molecular flexibility index (Phi) is 6.15. The molecule has 1 atom stereocenters. The number of likely N-dealkylation sites (N-methyl/N-ethyl adjacent to an activating group) is 1. The molecule has 0 aliphatic carbocycles. The van der Waals surface area contributed by atoms with Crippen molar-refractivity contribution in [1.29, 1.82) is 5.26 Å². The first-order valence-electron chi connectivity index (χ1n) is 11.0. The molecular formula is C25H30N6O. The Hall–Kier alpha value is -3.37. The average Bonchev–Trinajstić information content (AvgIpc) is 2.78. The zero-order chi connectivity index (χ0) is 22.8. The van der Waals surface area contributed by atoms with E-state index in [1.807, 2.05) is 32.0 Å². The number of aryl methyl sites for hydroxylation is 1. The third-order valence-corrected chi connectivity index (χ3v) is 6.27. The van der Waals surface area contributed by atoms with Gasteiger partial charge in [0.25, 0.3) is 0 Å². The molecule has 166 valence electrons. The smallest absolute Gasteiger partial charge is 0.144 e. The highest BCUT2D eigenvalue weighted by atomic mass is 16.5. The maximum Gasteiger partial charge on any atom is 0.144 e. The Labute approximate surface area is 189 Å². The number of aromatic nitrogens is 2. The normalized spacial score (nSPS) is 15.4. The number of rotatable bonds is 5. The van der Waals surface area contributed by atoms with Crippen LogP contribution in [0.1, 0.15) is 35.5 Å². The van der Waals surface area contributed by atoms with Crippen molar-refractivity contribution >= 4 is 22.4 Å². The molecule has 0 radical (unpaired) electrons.